The van der Waals surface area contributed by atoms with Crippen LogP contribution in [-0.4, -0.2) is 66.5 Å². The Morgan fingerprint density at radius 1 is 1.11 bits per heavy atom. The summed E-state index contributed by atoms with van der Waals surface area (Å²) in [5, 5.41) is 13.5. The van der Waals surface area contributed by atoms with Crippen molar-refractivity contribution in [2.75, 3.05) is 40.0 Å². The monoisotopic (exact) mass is 479 g/mol. The molecule has 2 N–H and O–H groups in total. The first-order valence-electron chi connectivity index (χ1n) is 12.1. The normalized spacial score (nSPS) is 13.7. The Labute approximate surface area is 205 Å². The number of fused-ring (bicyclic) bond motifs is 1. The lowest BCUT2D eigenvalue weighted by atomic mass is 10.00. The third-order valence-electron chi connectivity index (χ3n) is 6.40. The highest BCUT2D eigenvalue weighted by molar-refractivity contribution is 5.88. The predicted molar refractivity (Wildman–Crippen MR) is 134 cm³/mol. The van der Waals surface area contributed by atoms with Gasteiger partial charge in [0.05, 0.1) is 25.9 Å². The third-order valence-corrected chi connectivity index (χ3v) is 6.40. The minimum atomic E-state index is -0.972. The van der Waals surface area contributed by atoms with Crippen LogP contribution in [0.15, 0.2) is 42.6 Å². The number of nitrogens with zero attached hydrogens (tertiary/aromatic N) is 2. The minimum absolute atomic E-state index is 0.0407. The summed E-state index contributed by atoms with van der Waals surface area (Å²) in [6, 6.07) is 11.5. The van der Waals surface area contributed by atoms with E-state index < -0.39 is 5.97 Å². The predicted octanol–water partition coefficient (Wildman–Crippen LogP) is 3.93. The quantitative estimate of drug-likeness (QED) is 0.485. The van der Waals surface area contributed by atoms with Gasteiger partial charge in [0.15, 0.2) is 0 Å². The molecule has 186 valence electrons. The zero-order chi connectivity index (χ0) is 24.8. The van der Waals surface area contributed by atoms with Crippen molar-refractivity contribution in [1.82, 2.24) is 14.8 Å². The van der Waals surface area contributed by atoms with Crippen molar-refractivity contribution in [2.45, 2.75) is 32.7 Å². The second-order valence-electron chi connectivity index (χ2n) is 8.79. The van der Waals surface area contributed by atoms with Crippen LogP contribution in [0.5, 0.6) is 5.75 Å². The number of amides is 2. The number of hydrogen-bond donors (Lipinski definition) is 2. The first kappa shape index (κ1) is 24.6. The zero-order valence-corrected chi connectivity index (χ0v) is 20.4. The number of rotatable bonds is 9. The SMILES string of the molecule is CCCn1cc(Cc2ccc(C(=O)O)cc2OC)c2cc(CCNC(=O)N3CCOCC3)ccc21. The Morgan fingerprint density at radius 2 is 1.91 bits per heavy atom. The molecule has 1 aliphatic rings. The van der Waals surface area contributed by atoms with E-state index in [2.05, 4.69) is 41.2 Å². The van der Waals surface area contributed by atoms with E-state index in [1.807, 2.05) is 6.07 Å². The summed E-state index contributed by atoms with van der Waals surface area (Å²) < 4.78 is 13.1. The lowest BCUT2D eigenvalue weighted by Gasteiger charge is -2.26. The molecule has 1 aromatic heterocycles. The van der Waals surface area contributed by atoms with E-state index >= 15 is 0 Å². The summed E-state index contributed by atoms with van der Waals surface area (Å²) in [4.78, 5) is 25.5. The maximum atomic E-state index is 12.4. The van der Waals surface area contributed by atoms with Crippen molar-refractivity contribution < 1.29 is 24.2 Å². The van der Waals surface area contributed by atoms with Crippen molar-refractivity contribution >= 4 is 22.9 Å². The number of carboxylic acid groups (broad SMARTS) is 1. The van der Waals surface area contributed by atoms with Crippen LogP contribution in [0.1, 0.15) is 40.4 Å². The van der Waals surface area contributed by atoms with E-state index in [0.29, 0.717) is 45.0 Å². The molecule has 0 radical (unpaired) electrons. The Hall–Kier alpha value is -3.52. The molecule has 4 rings (SSSR count). The van der Waals surface area contributed by atoms with Crippen molar-refractivity contribution in [3.8, 4) is 5.75 Å². The van der Waals surface area contributed by atoms with Crippen molar-refractivity contribution in [3.05, 3.63) is 64.8 Å². The molecule has 35 heavy (non-hydrogen) atoms. The number of urea groups is 1. The van der Waals surface area contributed by atoms with E-state index in [1.165, 1.54) is 10.9 Å². The number of benzene rings is 2. The van der Waals surface area contributed by atoms with Gasteiger partial charge in [-0.25, -0.2) is 9.59 Å². The summed E-state index contributed by atoms with van der Waals surface area (Å²) >= 11 is 0. The van der Waals surface area contributed by atoms with Crippen LogP contribution < -0.4 is 10.1 Å². The maximum Gasteiger partial charge on any atom is 0.335 e. The average Bonchev–Trinajstić information content (AvgIpc) is 3.21. The number of carbonyl (C=O) groups is 2. The van der Waals surface area contributed by atoms with E-state index in [0.717, 1.165) is 36.1 Å². The molecule has 0 atom stereocenters. The Bertz CT molecular complexity index is 1200. The second kappa shape index (κ2) is 11.3. The number of aromatic nitrogens is 1. The summed E-state index contributed by atoms with van der Waals surface area (Å²) in [6.45, 7) is 6.07. The van der Waals surface area contributed by atoms with E-state index in [4.69, 9.17) is 9.47 Å². The first-order valence-corrected chi connectivity index (χ1v) is 12.1. The van der Waals surface area contributed by atoms with Gasteiger partial charge in [-0.05, 0) is 53.8 Å². The number of morpholine rings is 1. The van der Waals surface area contributed by atoms with Crippen molar-refractivity contribution in [1.29, 1.82) is 0 Å². The van der Waals surface area contributed by atoms with Gasteiger partial charge in [0.1, 0.15) is 5.75 Å². The molecular formula is C27H33N3O5. The number of aromatic carboxylic acids is 1. The van der Waals surface area contributed by atoms with Gasteiger partial charge in [-0.1, -0.05) is 19.1 Å². The number of aryl methyl sites for hydroxylation is 1. The highest BCUT2D eigenvalue weighted by atomic mass is 16.5. The molecular weight excluding hydrogens is 446 g/mol. The topological polar surface area (TPSA) is 93.0 Å². The molecule has 0 aliphatic carbocycles. The molecule has 8 nitrogen and oxygen atoms in total. The van der Waals surface area contributed by atoms with Gasteiger partial charge in [0.2, 0.25) is 0 Å². The van der Waals surface area contributed by atoms with Crippen LogP contribution in [-0.2, 0) is 24.1 Å². The summed E-state index contributed by atoms with van der Waals surface area (Å²) in [6.07, 6.45) is 4.58. The number of hydrogen-bond acceptors (Lipinski definition) is 4. The highest BCUT2D eigenvalue weighted by Crippen LogP contribution is 2.29. The van der Waals surface area contributed by atoms with E-state index in [-0.39, 0.29) is 11.6 Å². The van der Waals surface area contributed by atoms with Crippen LogP contribution in [0.2, 0.25) is 0 Å². The van der Waals surface area contributed by atoms with Gasteiger partial charge in [-0.3, -0.25) is 0 Å². The maximum absolute atomic E-state index is 12.4. The summed E-state index contributed by atoms with van der Waals surface area (Å²) in [7, 11) is 1.56. The molecule has 2 heterocycles. The van der Waals surface area contributed by atoms with Gasteiger partial charge < -0.3 is 29.4 Å². The molecule has 2 amide bonds. The highest BCUT2D eigenvalue weighted by Gasteiger charge is 2.17. The number of nitrogens with one attached hydrogen (secondary N) is 1. The van der Waals surface area contributed by atoms with Gasteiger partial charge in [-0.15, -0.1) is 0 Å². The van der Waals surface area contributed by atoms with Gasteiger partial charge >= 0.3 is 12.0 Å². The van der Waals surface area contributed by atoms with Gasteiger partial charge in [0.25, 0.3) is 0 Å². The molecule has 0 saturated carbocycles. The molecule has 3 aromatic rings. The second-order valence-corrected chi connectivity index (χ2v) is 8.79. The molecule has 0 bridgehead atoms. The fourth-order valence-electron chi connectivity index (χ4n) is 4.56. The lowest BCUT2D eigenvalue weighted by molar-refractivity contribution is 0.0533. The Balaban J connectivity index is 1.54. The van der Waals surface area contributed by atoms with E-state index in [9.17, 15) is 14.7 Å². The molecule has 1 saturated heterocycles. The number of carbonyl (C=O) groups excluding carboxylic acids is 1. The van der Waals surface area contributed by atoms with Gasteiger partial charge in [0, 0.05) is 49.7 Å². The number of methoxy groups -OCH3 is 1. The Morgan fingerprint density at radius 3 is 2.63 bits per heavy atom. The average molecular weight is 480 g/mol. The van der Waals surface area contributed by atoms with Crippen molar-refractivity contribution in [2.24, 2.45) is 0 Å². The van der Waals surface area contributed by atoms with Crippen LogP contribution in [0.3, 0.4) is 0 Å². The fraction of sp³-hybridized carbons (Fsp3) is 0.407. The minimum Gasteiger partial charge on any atom is -0.496 e. The molecule has 8 heteroatoms. The number of carboxylic acids is 1. The first-order chi connectivity index (χ1) is 17.0. The van der Waals surface area contributed by atoms with Crippen LogP contribution >= 0.6 is 0 Å². The molecule has 1 fully saturated rings. The van der Waals surface area contributed by atoms with Gasteiger partial charge in [-0.2, -0.15) is 0 Å². The third kappa shape index (κ3) is 5.77. The largest absolute Gasteiger partial charge is 0.496 e. The van der Waals surface area contributed by atoms with Crippen LogP contribution in [0.25, 0.3) is 10.9 Å². The standard InChI is InChI=1S/C27H33N3O5/c1-3-10-30-18-22(16-20-5-6-21(26(31)32)17-25(20)34-2)23-15-19(4-7-24(23)30)8-9-28-27(33)29-11-13-35-14-12-29/h4-7,15,17-18H,3,8-14,16H2,1-2H3,(H,28,33)(H,31,32). The zero-order valence-electron chi connectivity index (χ0n) is 20.4. The molecule has 2 aromatic carbocycles. The lowest BCUT2D eigenvalue weighted by Crippen LogP contribution is -2.46. The molecule has 0 unspecified atom stereocenters. The number of ether oxygens (including phenoxy) is 2. The van der Waals surface area contributed by atoms with Crippen LogP contribution in [0, 0.1) is 0 Å². The fourth-order valence-corrected chi connectivity index (χ4v) is 4.56. The summed E-state index contributed by atoms with van der Waals surface area (Å²) in [5.41, 5.74) is 4.64. The Kier molecular flexibility index (Phi) is 7.92. The molecule has 1 aliphatic heterocycles. The van der Waals surface area contributed by atoms with Crippen LogP contribution in [0.4, 0.5) is 4.79 Å². The smallest absolute Gasteiger partial charge is 0.335 e. The van der Waals surface area contributed by atoms with E-state index in [1.54, 1.807) is 24.1 Å². The molecule has 0 spiro atoms. The summed E-state index contributed by atoms with van der Waals surface area (Å²) in [5.74, 6) is -0.400. The van der Waals surface area contributed by atoms with Crippen molar-refractivity contribution in [3.63, 3.8) is 0 Å².